The molecule has 19 heavy (non-hydrogen) atoms. The van der Waals surface area contributed by atoms with E-state index in [9.17, 15) is 14.7 Å². The minimum Gasteiger partial charge on any atom is -0.444 e. The number of ether oxygens (including phenoxy) is 1. The maximum Gasteiger partial charge on any atom is 0.410 e. The predicted octanol–water partition coefficient (Wildman–Crippen LogP) is 1.33. The van der Waals surface area contributed by atoms with Gasteiger partial charge in [0.05, 0.1) is 11.6 Å². The third-order valence-corrected chi connectivity index (χ3v) is 4.57. The minimum absolute atomic E-state index is 0.0233. The molecule has 2 aliphatic carbocycles. The monoisotopic (exact) mass is 267 g/mol. The highest BCUT2D eigenvalue weighted by molar-refractivity contribution is 5.79. The Balaban J connectivity index is 1.78. The van der Waals surface area contributed by atoms with Gasteiger partial charge >= 0.3 is 6.09 Å². The Morgan fingerprint density at radius 1 is 1.42 bits per heavy atom. The average molecular weight is 267 g/mol. The van der Waals surface area contributed by atoms with Crippen LogP contribution in [0.1, 0.15) is 40.5 Å². The molecule has 4 aliphatic rings. The second-order valence-electron chi connectivity index (χ2n) is 7.19. The third-order valence-electron chi connectivity index (χ3n) is 4.57. The van der Waals surface area contributed by atoms with Gasteiger partial charge in [-0.1, -0.05) is 0 Å². The number of aliphatic hydroxyl groups is 1. The van der Waals surface area contributed by atoms with Crippen LogP contribution in [0.3, 0.4) is 0 Å². The van der Waals surface area contributed by atoms with Crippen LogP contribution in [0.15, 0.2) is 0 Å². The molecule has 0 aromatic heterocycles. The Hall–Kier alpha value is -1.10. The zero-order chi connectivity index (χ0) is 14.2. The third kappa shape index (κ3) is 1.71. The maximum atomic E-state index is 12.2. The quantitative estimate of drug-likeness (QED) is 0.819. The van der Waals surface area contributed by atoms with Crippen molar-refractivity contribution in [3.63, 3.8) is 0 Å². The van der Waals surface area contributed by atoms with Crippen LogP contribution in [0.2, 0.25) is 0 Å². The lowest BCUT2D eigenvalue weighted by Gasteiger charge is -2.32. The molecule has 4 fully saturated rings. The van der Waals surface area contributed by atoms with Crippen molar-refractivity contribution < 1.29 is 19.4 Å². The Kier molecular flexibility index (Phi) is 2.38. The molecule has 1 amide bonds. The zero-order valence-corrected chi connectivity index (χ0v) is 11.8. The fourth-order valence-corrected chi connectivity index (χ4v) is 4.13. The number of ketones is 1. The second-order valence-corrected chi connectivity index (χ2v) is 7.19. The lowest BCUT2D eigenvalue weighted by atomic mass is 9.90. The second kappa shape index (κ2) is 3.51. The van der Waals surface area contributed by atoms with Crippen molar-refractivity contribution in [2.75, 3.05) is 0 Å². The number of rotatable bonds is 2. The SMILES string of the molecule is CC(=O)C[C@]1(O)C2C3C[C@H]1N(C(=O)OC(C)(C)C)[C@@H]32. The van der Waals surface area contributed by atoms with Crippen LogP contribution in [0.25, 0.3) is 0 Å². The summed E-state index contributed by atoms with van der Waals surface area (Å²) in [6, 6.07) is -0.157. The van der Waals surface area contributed by atoms with Gasteiger partial charge in [-0.15, -0.1) is 0 Å². The van der Waals surface area contributed by atoms with E-state index < -0.39 is 11.2 Å². The molecule has 106 valence electrons. The summed E-state index contributed by atoms with van der Waals surface area (Å²) in [5.41, 5.74) is -1.55. The van der Waals surface area contributed by atoms with Gasteiger partial charge < -0.3 is 9.84 Å². The smallest absolute Gasteiger partial charge is 0.410 e. The van der Waals surface area contributed by atoms with Crippen LogP contribution in [0.4, 0.5) is 4.79 Å². The first-order chi connectivity index (χ1) is 8.65. The van der Waals surface area contributed by atoms with Crippen LogP contribution in [0, 0.1) is 11.8 Å². The first-order valence-electron chi connectivity index (χ1n) is 6.88. The number of hydrogen-bond donors (Lipinski definition) is 1. The summed E-state index contributed by atoms with van der Waals surface area (Å²) in [6.45, 7) is 6.98. The Morgan fingerprint density at radius 3 is 2.53 bits per heavy atom. The lowest BCUT2D eigenvalue weighted by Crippen LogP contribution is -2.47. The van der Waals surface area contributed by atoms with Crippen LogP contribution < -0.4 is 0 Å². The molecule has 2 saturated carbocycles. The highest BCUT2D eigenvalue weighted by Crippen LogP contribution is 2.69. The predicted molar refractivity (Wildman–Crippen MR) is 67.5 cm³/mol. The van der Waals surface area contributed by atoms with E-state index >= 15 is 0 Å². The zero-order valence-electron chi connectivity index (χ0n) is 11.8. The van der Waals surface area contributed by atoms with Crippen molar-refractivity contribution in [2.45, 2.75) is 63.8 Å². The molecule has 1 N–H and O–H groups in total. The molecule has 2 aliphatic heterocycles. The Morgan fingerprint density at radius 2 is 2.05 bits per heavy atom. The lowest BCUT2D eigenvalue weighted by molar-refractivity contribution is -0.123. The highest BCUT2D eigenvalue weighted by Gasteiger charge is 2.81. The van der Waals surface area contributed by atoms with E-state index in [1.54, 1.807) is 4.90 Å². The normalized spacial score (nSPS) is 42.5. The van der Waals surface area contributed by atoms with Gasteiger partial charge in [0, 0.05) is 18.4 Å². The van der Waals surface area contributed by atoms with Crippen molar-refractivity contribution in [1.82, 2.24) is 4.90 Å². The standard InChI is InChI=1S/C14H21NO4/c1-7(16)6-14(18)9-5-8-10(14)11(8)15(9)12(17)19-13(2,3)4/h8-11,18H,5-6H2,1-4H3/t8?,9-,10?,11+,14-/m1/s1. The molecule has 4 rings (SSSR count). The summed E-state index contributed by atoms with van der Waals surface area (Å²) in [6.07, 6.45) is 0.597. The van der Waals surface area contributed by atoms with Gasteiger partial charge in [0.25, 0.3) is 0 Å². The Labute approximate surface area is 112 Å². The van der Waals surface area contributed by atoms with Gasteiger partial charge in [0.15, 0.2) is 0 Å². The molecule has 5 nitrogen and oxygen atoms in total. The minimum atomic E-state index is -1.02. The van der Waals surface area contributed by atoms with E-state index in [-0.39, 0.29) is 36.3 Å². The van der Waals surface area contributed by atoms with E-state index in [1.807, 2.05) is 20.8 Å². The maximum absolute atomic E-state index is 12.2. The van der Waals surface area contributed by atoms with E-state index in [0.29, 0.717) is 5.92 Å². The summed E-state index contributed by atoms with van der Waals surface area (Å²) in [5.74, 6) is 0.417. The Bertz CT molecular complexity index is 455. The van der Waals surface area contributed by atoms with Gasteiger partial charge in [-0.2, -0.15) is 0 Å². The summed E-state index contributed by atoms with van der Waals surface area (Å²) in [5, 5.41) is 10.7. The first-order valence-corrected chi connectivity index (χ1v) is 6.88. The summed E-state index contributed by atoms with van der Waals surface area (Å²) < 4.78 is 5.41. The fraction of sp³-hybridized carbons (Fsp3) is 0.857. The molecule has 0 aromatic rings. The van der Waals surface area contributed by atoms with Crippen molar-refractivity contribution in [2.24, 2.45) is 11.8 Å². The number of nitrogens with zero attached hydrogens (tertiary/aromatic N) is 1. The molecule has 5 atom stereocenters. The number of carbonyl (C=O) groups is 2. The van der Waals surface area contributed by atoms with Crippen molar-refractivity contribution in [1.29, 1.82) is 0 Å². The molecule has 5 heteroatoms. The summed E-state index contributed by atoms with van der Waals surface area (Å²) >= 11 is 0. The number of carbonyl (C=O) groups excluding carboxylic acids is 2. The number of amides is 1. The van der Waals surface area contributed by atoms with Crippen LogP contribution in [0.5, 0.6) is 0 Å². The average Bonchev–Trinajstić information content (AvgIpc) is 2.54. The molecule has 0 spiro atoms. The number of piperidine rings is 2. The first kappa shape index (κ1) is 12.9. The van der Waals surface area contributed by atoms with Gasteiger partial charge in [-0.05, 0) is 40.0 Å². The summed E-state index contributed by atoms with van der Waals surface area (Å²) in [4.78, 5) is 25.2. The molecular weight excluding hydrogens is 246 g/mol. The van der Waals surface area contributed by atoms with E-state index in [4.69, 9.17) is 4.74 Å². The van der Waals surface area contributed by atoms with Crippen molar-refractivity contribution >= 4 is 11.9 Å². The van der Waals surface area contributed by atoms with Gasteiger partial charge in [0.1, 0.15) is 11.4 Å². The van der Waals surface area contributed by atoms with Crippen LogP contribution in [-0.2, 0) is 9.53 Å². The molecular formula is C14H21NO4. The molecule has 4 bridgehead atoms. The molecule has 2 unspecified atom stereocenters. The van der Waals surface area contributed by atoms with Gasteiger partial charge in [-0.3, -0.25) is 9.69 Å². The van der Waals surface area contributed by atoms with Crippen molar-refractivity contribution in [3.05, 3.63) is 0 Å². The van der Waals surface area contributed by atoms with E-state index in [0.717, 1.165) is 6.42 Å². The largest absolute Gasteiger partial charge is 0.444 e. The van der Waals surface area contributed by atoms with Gasteiger partial charge in [0.2, 0.25) is 0 Å². The number of hydrogen-bond acceptors (Lipinski definition) is 4. The molecule has 2 heterocycles. The molecule has 2 saturated heterocycles. The topological polar surface area (TPSA) is 66.8 Å². The highest BCUT2D eigenvalue weighted by atomic mass is 16.6. The van der Waals surface area contributed by atoms with Crippen LogP contribution in [-0.4, -0.2) is 45.2 Å². The van der Waals surface area contributed by atoms with E-state index in [1.165, 1.54) is 6.92 Å². The summed E-state index contributed by atoms with van der Waals surface area (Å²) in [7, 11) is 0. The van der Waals surface area contributed by atoms with Crippen LogP contribution >= 0.6 is 0 Å². The van der Waals surface area contributed by atoms with Crippen molar-refractivity contribution in [3.8, 4) is 0 Å². The number of Topliss-reactive ketones (excluding diaryl/α,β-unsaturated/α-hetero) is 1. The molecule has 0 aromatic carbocycles. The van der Waals surface area contributed by atoms with Gasteiger partial charge in [-0.25, -0.2) is 4.79 Å². The fourth-order valence-electron chi connectivity index (χ4n) is 4.13. The molecule has 0 radical (unpaired) electrons. The van der Waals surface area contributed by atoms with E-state index in [2.05, 4.69) is 0 Å².